The molecule has 0 saturated carbocycles. The minimum absolute atomic E-state index is 0.0824. The Bertz CT molecular complexity index is 902. The van der Waals surface area contributed by atoms with Crippen molar-refractivity contribution in [3.8, 4) is 11.5 Å². The number of esters is 1. The van der Waals surface area contributed by atoms with Gasteiger partial charge in [0.05, 0.1) is 27.8 Å². The molecule has 2 aromatic rings. The molecule has 2 aromatic carbocycles. The molecule has 0 atom stereocenters. The predicted molar refractivity (Wildman–Crippen MR) is 97.9 cm³/mol. The minimum atomic E-state index is -4.69. The van der Waals surface area contributed by atoms with Crippen LogP contribution in [0, 0.1) is 0 Å². The van der Waals surface area contributed by atoms with E-state index < -0.39 is 39.5 Å². The summed E-state index contributed by atoms with van der Waals surface area (Å²) in [6.07, 6.45) is -9.98. The monoisotopic (exact) mass is 474 g/mol. The quantitative estimate of drug-likeness (QED) is 0.325. The summed E-state index contributed by atoms with van der Waals surface area (Å²) in [5.41, 5.74) is -2.34. The fourth-order valence-corrected chi connectivity index (χ4v) is 3.09. The highest BCUT2D eigenvalue weighted by Crippen LogP contribution is 2.42. The summed E-state index contributed by atoms with van der Waals surface area (Å²) in [5, 5.41) is -0.939. The Morgan fingerprint density at radius 1 is 0.967 bits per heavy atom. The third-order valence-electron chi connectivity index (χ3n) is 3.83. The molecule has 0 amide bonds. The van der Waals surface area contributed by atoms with Crippen molar-refractivity contribution in [2.24, 2.45) is 0 Å². The van der Waals surface area contributed by atoms with Crippen LogP contribution in [0.4, 0.5) is 26.3 Å². The van der Waals surface area contributed by atoms with Gasteiger partial charge in [0.2, 0.25) is 0 Å². The van der Waals surface area contributed by atoms with Crippen molar-refractivity contribution in [2.75, 3.05) is 6.61 Å². The van der Waals surface area contributed by atoms with Crippen molar-refractivity contribution in [3.05, 3.63) is 57.1 Å². The van der Waals surface area contributed by atoms with E-state index in [-0.39, 0.29) is 36.5 Å². The lowest BCUT2D eigenvalue weighted by atomic mass is 10.0. The van der Waals surface area contributed by atoms with E-state index in [1.54, 1.807) is 6.92 Å². The van der Waals surface area contributed by atoms with Crippen LogP contribution >= 0.6 is 23.2 Å². The molecule has 0 saturated heterocycles. The largest absolute Gasteiger partial charge is 0.466 e. The van der Waals surface area contributed by atoms with Gasteiger partial charge in [-0.2, -0.15) is 26.3 Å². The van der Waals surface area contributed by atoms with E-state index in [1.807, 2.05) is 0 Å². The van der Waals surface area contributed by atoms with Gasteiger partial charge in [0.1, 0.15) is 5.75 Å². The number of benzene rings is 2. The van der Waals surface area contributed by atoms with Crippen molar-refractivity contribution in [1.82, 2.24) is 0 Å². The maximum Gasteiger partial charge on any atom is 0.416 e. The van der Waals surface area contributed by atoms with Gasteiger partial charge in [-0.1, -0.05) is 23.2 Å². The highest BCUT2D eigenvalue weighted by atomic mass is 35.5. The molecule has 0 N–H and O–H groups in total. The average molecular weight is 475 g/mol. The van der Waals surface area contributed by atoms with E-state index in [0.717, 1.165) is 18.2 Å². The zero-order valence-corrected chi connectivity index (χ0v) is 16.8. The Labute approximate surface area is 177 Å². The Morgan fingerprint density at radius 3 is 2.07 bits per heavy atom. The number of alkyl halides is 6. The van der Waals surface area contributed by atoms with Crippen molar-refractivity contribution in [2.45, 2.75) is 32.1 Å². The molecule has 0 spiro atoms. The van der Waals surface area contributed by atoms with Crippen molar-refractivity contribution >= 4 is 29.2 Å². The Balaban J connectivity index is 2.37. The lowest BCUT2D eigenvalue weighted by molar-refractivity contribution is -0.144. The van der Waals surface area contributed by atoms with Gasteiger partial charge in [-0.25, -0.2) is 0 Å². The van der Waals surface area contributed by atoms with Crippen LogP contribution in [-0.4, -0.2) is 12.6 Å². The molecular formula is C19H14Cl2F6O3. The summed E-state index contributed by atoms with van der Waals surface area (Å²) in [6, 6.07) is 3.91. The number of aryl methyl sites for hydroxylation is 1. The van der Waals surface area contributed by atoms with Gasteiger partial charge in [-0.05, 0) is 49.2 Å². The van der Waals surface area contributed by atoms with Gasteiger partial charge in [0.15, 0.2) is 5.75 Å². The van der Waals surface area contributed by atoms with E-state index in [0.29, 0.717) is 12.1 Å². The van der Waals surface area contributed by atoms with Crippen molar-refractivity contribution < 1.29 is 40.6 Å². The number of rotatable bonds is 6. The maximum absolute atomic E-state index is 13.3. The molecule has 0 bridgehead atoms. The first-order valence-corrected chi connectivity index (χ1v) is 9.18. The molecule has 0 aliphatic heterocycles. The highest BCUT2D eigenvalue weighted by molar-refractivity contribution is 6.37. The lowest BCUT2D eigenvalue weighted by Gasteiger charge is -2.16. The number of ether oxygens (including phenoxy) is 2. The van der Waals surface area contributed by atoms with Gasteiger partial charge >= 0.3 is 18.3 Å². The fourth-order valence-electron chi connectivity index (χ4n) is 2.53. The van der Waals surface area contributed by atoms with E-state index in [2.05, 4.69) is 0 Å². The fraction of sp³-hybridized carbons (Fsp3) is 0.316. The van der Waals surface area contributed by atoms with E-state index >= 15 is 0 Å². The van der Waals surface area contributed by atoms with Gasteiger partial charge in [-0.3, -0.25) is 4.79 Å². The molecule has 0 fully saturated rings. The normalized spacial score (nSPS) is 12.0. The van der Waals surface area contributed by atoms with Crippen molar-refractivity contribution in [1.29, 1.82) is 0 Å². The third kappa shape index (κ3) is 6.18. The second-order valence-electron chi connectivity index (χ2n) is 5.99. The van der Waals surface area contributed by atoms with Crippen LogP contribution in [0.2, 0.25) is 10.0 Å². The summed E-state index contributed by atoms with van der Waals surface area (Å²) in [7, 11) is 0. The summed E-state index contributed by atoms with van der Waals surface area (Å²) in [5.74, 6) is -1.17. The predicted octanol–water partition coefficient (Wildman–Crippen LogP) is 7.32. The first kappa shape index (κ1) is 24.1. The van der Waals surface area contributed by atoms with Gasteiger partial charge in [0, 0.05) is 6.42 Å². The number of halogens is 8. The zero-order valence-electron chi connectivity index (χ0n) is 15.3. The highest BCUT2D eigenvalue weighted by Gasteiger charge is 2.34. The number of hydrogen-bond acceptors (Lipinski definition) is 3. The van der Waals surface area contributed by atoms with Crippen LogP contribution < -0.4 is 4.74 Å². The molecule has 0 aromatic heterocycles. The Morgan fingerprint density at radius 2 is 1.57 bits per heavy atom. The topological polar surface area (TPSA) is 35.5 Å². The molecule has 11 heteroatoms. The van der Waals surface area contributed by atoms with Gasteiger partial charge < -0.3 is 9.47 Å². The lowest BCUT2D eigenvalue weighted by Crippen LogP contribution is -2.12. The summed E-state index contributed by atoms with van der Waals surface area (Å²) < 4.78 is 88.3. The molecule has 3 nitrogen and oxygen atoms in total. The smallest absolute Gasteiger partial charge is 0.416 e. The zero-order chi connectivity index (χ0) is 22.7. The molecule has 0 radical (unpaired) electrons. The van der Waals surface area contributed by atoms with E-state index in [9.17, 15) is 31.1 Å². The first-order chi connectivity index (χ1) is 13.8. The standard InChI is InChI=1S/C19H14Cl2F6O3/c1-2-29-16(28)6-3-10-7-12(4-5-13(10)19(25,26)27)30-17-14(20)8-11(9-15(17)21)18(22,23)24/h4-5,7-9H,2-3,6H2,1H3. The second-order valence-corrected chi connectivity index (χ2v) is 6.80. The van der Waals surface area contributed by atoms with Gasteiger partial charge in [0.25, 0.3) is 0 Å². The first-order valence-electron chi connectivity index (χ1n) is 8.42. The molecular weight excluding hydrogens is 461 g/mol. The van der Waals surface area contributed by atoms with Crippen molar-refractivity contribution in [3.63, 3.8) is 0 Å². The van der Waals surface area contributed by atoms with E-state index in [1.165, 1.54) is 0 Å². The Hall–Kier alpha value is -2.13. The molecule has 0 heterocycles. The molecule has 0 aliphatic rings. The maximum atomic E-state index is 13.3. The third-order valence-corrected chi connectivity index (χ3v) is 4.39. The van der Waals surface area contributed by atoms with Crippen LogP contribution in [-0.2, 0) is 28.3 Å². The summed E-state index contributed by atoms with van der Waals surface area (Å²) in [6.45, 7) is 1.64. The molecule has 30 heavy (non-hydrogen) atoms. The molecule has 2 rings (SSSR count). The SMILES string of the molecule is CCOC(=O)CCc1cc(Oc2c(Cl)cc(C(F)(F)F)cc2Cl)ccc1C(F)(F)F. The second kappa shape index (κ2) is 9.34. The van der Waals surface area contributed by atoms with Crippen LogP contribution in [0.25, 0.3) is 0 Å². The number of hydrogen-bond donors (Lipinski definition) is 0. The van der Waals surface area contributed by atoms with E-state index in [4.69, 9.17) is 32.7 Å². The van der Waals surface area contributed by atoms with Crippen LogP contribution in [0.1, 0.15) is 30.0 Å². The molecule has 164 valence electrons. The minimum Gasteiger partial charge on any atom is -0.466 e. The van der Waals surface area contributed by atoms with Crippen LogP contribution in [0.3, 0.4) is 0 Å². The van der Waals surface area contributed by atoms with Crippen LogP contribution in [0.5, 0.6) is 11.5 Å². The summed E-state index contributed by atoms with van der Waals surface area (Å²) in [4.78, 5) is 11.5. The number of carbonyl (C=O) groups excluding carboxylic acids is 1. The molecule has 0 aliphatic carbocycles. The van der Waals surface area contributed by atoms with Crippen LogP contribution in [0.15, 0.2) is 30.3 Å². The average Bonchev–Trinajstić information content (AvgIpc) is 2.61. The Kier molecular flexibility index (Phi) is 7.52. The number of carbonyl (C=O) groups is 1. The molecule has 0 unspecified atom stereocenters. The summed E-state index contributed by atoms with van der Waals surface area (Å²) >= 11 is 11.6. The van der Waals surface area contributed by atoms with Gasteiger partial charge in [-0.15, -0.1) is 0 Å².